The summed E-state index contributed by atoms with van der Waals surface area (Å²) in [5.74, 6) is 0. The van der Waals surface area contributed by atoms with Crippen molar-refractivity contribution in [3.05, 3.63) is 58.1 Å². The van der Waals surface area contributed by atoms with Gasteiger partial charge in [0.15, 0.2) is 0 Å². The molecule has 4 nitrogen and oxygen atoms in total. The molecule has 3 aromatic rings. The van der Waals surface area contributed by atoms with Gasteiger partial charge in [0.25, 0.3) is 0 Å². The first-order chi connectivity index (χ1) is 9.78. The molecule has 102 valence electrons. The molecular weight excluding hydrogens is 292 g/mol. The zero-order chi connectivity index (χ0) is 13.9. The summed E-state index contributed by atoms with van der Waals surface area (Å²) in [4.78, 5) is 1.12. The van der Waals surface area contributed by atoms with E-state index < -0.39 is 0 Å². The topological polar surface area (TPSA) is 56.7 Å². The number of rotatable bonds is 4. The van der Waals surface area contributed by atoms with Crippen LogP contribution in [0, 0.1) is 0 Å². The molecular formula is C14H13ClN4S. The molecule has 0 aliphatic rings. The molecule has 0 bridgehead atoms. The molecule has 2 aromatic heterocycles. The van der Waals surface area contributed by atoms with E-state index in [4.69, 9.17) is 17.3 Å². The smallest absolute Gasteiger partial charge is 0.105 e. The van der Waals surface area contributed by atoms with Gasteiger partial charge in [-0.05, 0) is 29.1 Å². The Morgan fingerprint density at radius 3 is 2.85 bits per heavy atom. The molecule has 0 saturated heterocycles. The summed E-state index contributed by atoms with van der Waals surface area (Å²) >= 11 is 7.68. The van der Waals surface area contributed by atoms with Crippen LogP contribution in [0.4, 0.5) is 0 Å². The molecule has 0 aliphatic carbocycles. The summed E-state index contributed by atoms with van der Waals surface area (Å²) in [5, 5.41) is 11.1. The first-order valence-corrected chi connectivity index (χ1v) is 7.44. The predicted molar refractivity (Wildman–Crippen MR) is 81.8 cm³/mol. The summed E-state index contributed by atoms with van der Waals surface area (Å²) in [6.45, 7) is 1.00. The summed E-state index contributed by atoms with van der Waals surface area (Å²) in [6, 6.07) is 11.8. The zero-order valence-corrected chi connectivity index (χ0v) is 12.2. The molecule has 0 amide bonds. The SMILES string of the molecule is NCc1nnn(Cc2cccc(Cl)c2)c1-c1cccs1. The van der Waals surface area contributed by atoms with Gasteiger partial charge in [0.2, 0.25) is 0 Å². The van der Waals surface area contributed by atoms with Crippen LogP contribution in [0.2, 0.25) is 5.02 Å². The van der Waals surface area contributed by atoms with E-state index in [0.29, 0.717) is 13.1 Å². The van der Waals surface area contributed by atoms with Crippen LogP contribution in [-0.2, 0) is 13.1 Å². The largest absolute Gasteiger partial charge is 0.325 e. The minimum absolute atomic E-state index is 0.378. The van der Waals surface area contributed by atoms with Crippen LogP contribution in [0.25, 0.3) is 10.6 Å². The molecule has 0 atom stereocenters. The first kappa shape index (κ1) is 13.3. The van der Waals surface area contributed by atoms with Crippen LogP contribution in [0.3, 0.4) is 0 Å². The van der Waals surface area contributed by atoms with Crippen molar-refractivity contribution >= 4 is 22.9 Å². The monoisotopic (exact) mass is 304 g/mol. The van der Waals surface area contributed by atoms with Crippen LogP contribution in [0.15, 0.2) is 41.8 Å². The van der Waals surface area contributed by atoms with Crippen LogP contribution in [0.5, 0.6) is 0 Å². The maximum absolute atomic E-state index is 6.02. The van der Waals surface area contributed by atoms with Crippen LogP contribution >= 0.6 is 22.9 Å². The van der Waals surface area contributed by atoms with E-state index in [1.165, 1.54) is 0 Å². The normalized spacial score (nSPS) is 10.9. The van der Waals surface area contributed by atoms with Crippen molar-refractivity contribution in [2.24, 2.45) is 5.73 Å². The molecule has 2 heterocycles. The number of nitrogens with zero attached hydrogens (tertiary/aromatic N) is 3. The van der Waals surface area contributed by atoms with Crippen LogP contribution < -0.4 is 5.73 Å². The molecule has 0 saturated carbocycles. The van der Waals surface area contributed by atoms with Crippen molar-refractivity contribution in [2.75, 3.05) is 0 Å². The lowest BCUT2D eigenvalue weighted by Gasteiger charge is -2.06. The highest BCUT2D eigenvalue weighted by atomic mass is 35.5. The van der Waals surface area contributed by atoms with E-state index in [1.807, 2.05) is 40.4 Å². The quantitative estimate of drug-likeness (QED) is 0.805. The zero-order valence-electron chi connectivity index (χ0n) is 10.7. The fourth-order valence-electron chi connectivity index (χ4n) is 2.09. The van der Waals surface area contributed by atoms with Crippen molar-refractivity contribution in [1.29, 1.82) is 0 Å². The second-order valence-corrected chi connectivity index (χ2v) is 5.74. The van der Waals surface area contributed by atoms with E-state index in [-0.39, 0.29) is 0 Å². The summed E-state index contributed by atoms with van der Waals surface area (Å²) < 4.78 is 1.87. The average Bonchev–Trinajstić information content (AvgIpc) is 3.07. The van der Waals surface area contributed by atoms with Gasteiger partial charge in [-0.2, -0.15) is 0 Å². The Hall–Kier alpha value is -1.69. The van der Waals surface area contributed by atoms with Gasteiger partial charge in [-0.15, -0.1) is 16.4 Å². The Balaban J connectivity index is 2.00. The number of benzene rings is 1. The van der Waals surface area contributed by atoms with E-state index in [0.717, 1.165) is 26.9 Å². The third-order valence-electron chi connectivity index (χ3n) is 2.97. The second-order valence-electron chi connectivity index (χ2n) is 4.35. The van der Waals surface area contributed by atoms with Crippen LogP contribution in [-0.4, -0.2) is 15.0 Å². The standard InChI is InChI=1S/C14H13ClN4S/c15-11-4-1-3-10(7-11)9-19-14(12(8-16)17-18-19)13-5-2-6-20-13/h1-7H,8-9,16H2. The molecule has 0 unspecified atom stereocenters. The molecule has 20 heavy (non-hydrogen) atoms. The lowest BCUT2D eigenvalue weighted by molar-refractivity contribution is 0.655. The third-order valence-corrected chi connectivity index (χ3v) is 4.09. The second kappa shape index (κ2) is 5.75. The van der Waals surface area contributed by atoms with Crippen molar-refractivity contribution in [2.45, 2.75) is 13.1 Å². The molecule has 0 radical (unpaired) electrons. The Morgan fingerprint density at radius 1 is 1.25 bits per heavy atom. The number of thiophene rings is 1. The maximum Gasteiger partial charge on any atom is 0.105 e. The van der Waals surface area contributed by atoms with Gasteiger partial charge in [-0.1, -0.05) is 35.0 Å². The fraction of sp³-hybridized carbons (Fsp3) is 0.143. The van der Waals surface area contributed by atoms with Gasteiger partial charge in [0.05, 0.1) is 11.4 Å². The minimum atomic E-state index is 0.378. The number of hydrogen-bond acceptors (Lipinski definition) is 4. The van der Waals surface area contributed by atoms with E-state index in [1.54, 1.807) is 11.3 Å². The van der Waals surface area contributed by atoms with Gasteiger partial charge in [0.1, 0.15) is 11.4 Å². The van der Waals surface area contributed by atoms with Crippen molar-refractivity contribution < 1.29 is 0 Å². The third kappa shape index (κ3) is 2.60. The first-order valence-electron chi connectivity index (χ1n) is 6.18. The van der Waals surface area contributed by atoms with E-state index in [9.17, 15) is 0 Å². The maximum atomic E-state index is 6.02. The molecule has 0 fully saturated rings. The molecule has 2 N–H and O–H groups in total. The molecule has 1 aromatic carbocycles. The molecule has 0 spiro atoms. The Labute approximate surface area is 125 Å². The highest BCUT2D eigenvalue weighted by Gasteiger charge is 2.14. The van der Waals surface area contributed by atoms with Crippen molar-refractivity contribution in [1.82, 2.24) is 15.0 Å². The summed E-state index contributed by atoms with van der Waals surface area (Å²) in [7, 11) is 0. The number of aromatic nitrogens is 3. The Bertz CT molecular complexity index is 706. The number of nitrogens with two attached hydrogens (primary N) is 1. The van der Waals surface area contributed by atoms with Gasteiger partial charge in [-0.25, -0.2) is 4.68 Å². The van der Waals surface area contributed by atoms with Crippen LogP contribution in [0.1, 0.15) is 11.3 Å². The van der Waals surface area contributed by atoms with Gasteiger partial charge < -0.3 is 5.73 Å². The van der Waals surface area contributed by atoms with E-state index in [2.05, 4.69) is 16.4 Å². The Kier molecular flexibility index (Phi) is 3.82. The number of hydrogen-bond donors (Lipinski definition) is 1. The van der Waals surface area contributed by atoms with Gasteiger partial charge in [0, 0.05) is 11.6 Å². The van der Waals surface area contributed by atoms with E-state index >= 15 is 0 Å². The highest BCUT2D eigenvalue weighted by molar-refractivity contribution is 7.13. The number of halogens is 1. The van der Waals surface area contributed by atoms with Crippen molar-refractivity contribution in [3.8, 4) is 10.6 Å². The molecule has 3 rings (SSSR count). The minimum Gasteiger partial charge on any atom is -0.325 e. The van der Waals surface area contributed by atoms with Crippen molar-refractivity contribution in [3.63, 3.8) is 0 Å². The molecule has 6 heteroatoms. The highest BCUT2D eigenvalue weighted by Crippen LogP contribution is 2.27. The summed E-state index contributed by atoms with van der Waals surface area (Å²) in [5.41, 5.74) is 8.64. The average molecular weight is 305 g/mol. The summed E-state index contributed by atoms with van der Waals surface area (Å²) in [6.07, 6.45) is 0. The Morgan fingerprint density at radius 2 is 2.15 bits per heavy atom. The molecule has 0 aliphatic heterocycles. The lowest BCUT2D eigenvalue weighted by atomic mass is 10.2. The van der Waals surface area contributed by atoms with Gasteiger partial charge in [-0.3, -0.25) is 0 Å². The lowest BCUT2D eigenvalue weighted by Crippen LogP contribution is -2.05. The van der Waals surface area contributed by atoms with Gasteiger partial charge >= 0.3 is 0 Å². The predicted octanol–water partition coefficient (Wildman–Crippen LogP) is 3.17. The fourth-order valence-corrected chi connectivity index (χ4v) is 3.10.